The van der Waals surface area contributed by atoms with Gasteiger partial charge in [-0.25, -0.2) is 4.79 Å². The van der Waals surface area contributed by atoms with Crippen LogP contribution in [0.5, 0.6) is 0 Å². The quantitative estimate of drug-likeness (QED) is 0.739. The van der Waals surface area contributed by atoms with Crippen LogP contribution in [0.25, 0.3) is 0 Å². The molecule has 1 heterocycles. The molecule has 1 aromatic carbocycles. The zero-order chi connectivity index (χ0) is 19.3. The Morgan fingerprint density at radius 2 is 1.85 bits per heavy atom. The molecule has 6 heteroatoms. The van der Waals surface area contributed by atoms with E-state index in [1.54, 1.807) is 11.8 Å². The van der Waals surface area contributed by atoms with Gasteiger partial charge >= 0.3 is 5.97 Å². The average Bonchev–Trinajstić information content (AvgIpc) is 2.98. The Balaban J connectivity index is 2.07. The molecule has 0 fully saturated rings. The molecule has 140 valence electrons. The molecular weight excluding hydrogens is 332 g/mol. The molecule has 0 aliphatic carbocycles. The van der Waals surface area contributed by atoms with Crippen LogP contribution in [-0.4, -0.2) is 34.1 Å². The van der Waals surface area contributed by atoms with E-state index in [0.717, 1.165) is 5.56 Å². The zero-order valence-electron chi connectivity index (χ0n) is 16.0. The summed E-state index contributed by atoms with van der Waals surface area (Å²) in [5, 5.41) is 3.84. The van der Waals surface area contributed by atoms with Crippen LogP contribution in [-0.2, 0) is 22.5 Å². The lowest BCUT2D eigenvalue weighted by atomic mass is 10.0. The van der Waals surface area contributed by atoms with Gasteiger partial charge in [0, 0.05) is 12.1 Å². The number of nitrogens with zero attached hydrogens (tertiary/aromatic N) is 2. The molecule has 6 nitrogen and oxygen atoms in total. The Hall–Kier alpha value is -2.63. The molecule has 0 unspecified atom stereocenters. The van der Waals surface area contributed by atoms with Crippen LogP contribution in [0, 0.1) is 6.92 Å². The summed E-state index contributed by atoms with van der Waals surface area (Å²) in [6, 6.07) is 9.72. The monoisotopic (exact) mass is 358 g/mol. The highest BCUT2D eigenvalue weighted by atomic mass is 16.5. The molecule has 2 aromatic rings. The van der Waals surface area contributed by atoms with E-state index in [4.69, 9.17) is 9.26 Å². The largest absolute Gasteiger partial charge is 0.452 e. The highest BCUT2D eigenvalue weighted by Crippen LogP contribution is 2.19. The fourth-order valence-corrected chi connectivity index (χ4v) is 2.66. The number of rotatable bonds is 6. The van der Waals surface area contributed by atoms with Gasteiger partial charge in [0.25, 0.3) is 5.91 Å². The van der Waals surface area contributed by atoms with Gasteiger partial charge in [-0.1, -0.05) is 42.4 Å². The van der Waals surface area contributed by atoms with Crippen LogP contribution in [0.15, 0.2) is 34.9 Å². The normalized spacial score (nSPS) is 11.3. The molecule has 1 amide bonds. The minimum atomic E-state index is -0.581. The van der Waals surface area contributed by atoms with Crippen LogP contribution in [0.1, 0.15) is 55.1 Å². The number of esters is 1. The number of benzene rings is 1. The summed E-state index contributed by atoms with van der Waals surface area (Å²) < 4.78 is 10.3. The Labute approximate surface area is 154 Å². The van der Waals surface area contributed by atoms with Crippen molar-refractivity contribution < 1.29 is 18.8 Å². The van der Waals surface area contributed by atoms with E-state index in [2.05, 4.69) is 5.16 Å². The molecule has 0 aliphatic heterocycles. The molecule has 0 saturated heterocycles. The molecule has 26 heavy (non-hydrogen) atoms. The topological polar surface area (TPSA) is 72.6 Å². The summed E-state index contributed by atoms with van der Waals surface area (Å²) in [7, 11) is 0. The third kappa shape index (κ3) is 4.71. The highest BCUT2D eigenvalue weighted by Gasteiger charge is 2.28. The van der Waals surface area contributed by atoms with Crippen molar-refractivity contribution >= 4 is 11.9 Å². The fourth-order valence-electron chi connectivity index (χ4n) is 2.66. The van der Waals surface area contributed by atoms with Crippen LogP contribution >= 0.6 is 0 Å². The van der Waals surface area contributed by atoms with Gasteiger partial charge in [0.2, 0.25) is 0 Å². The van der Waals surface area contributed by atoms with Crippen LogP contribution in [0.4, 0.5) is 0 Å². The SMILES string of the molecule is CCc1noc(C)c1C(=O)OCC(=O)N(Cc1ccccc1)C(C)(C)C. The molecule has 2 rings (SSSR count). The third-order valence-electron chi connectivity index (χ3n) is 4.09. The lowest BCUT2D eigenvalue weighted by Gasteiger charge is -2.35. The Morgan fingerprint density at radius 3 is 2.42 bits per heavy atom. The van der Waals surface area contributed by atoms with Crippen molar-refractivity contribution in [2.45, 2.75) is 53.1 Å². The van der Waals surface area contributed by atoms with E-state index in [1.807, 2.05) is 58.0 Å². The minimum Gasteiger partial charge on any atom is -0.452 e. The number of hydrogen-bond acceptors (Lipinski definition) is 5. The van der Waals surface area contributed by atoms with E-state index in [1.165, 1.54) is 0 Å². The predicted octanol–water partition coefficient (Wildman–Crippen LogP) is 3.53. The molecule has 0 aliphatic rings. The van der Waals surface area contributed by atoms with E-state index in [9.17, 15) is 9.59 Å². The summed E-state index contributed by atoms with van der Waals surface area (Å²) in [5.74, 6) is -0.430. The number of carbonyl (C=O) groups excluding carboxylic acids is 2. The van der Waals surface area contributed by atoms with Crippen molar-refractivity contribution in [3.05, 3.63) is 52.9 Å². The maximum atomic E-state index is 12.7. The lowest BCUT2D eigenvalue weighted by molar-refractivity contribution is -0.140. The molecule has 1 aromatic heterocycles. The third-order valence-corrected chi connectivity index (χ3v) is 4.09. The average molecular weight is 358 g/mol. The van der Waals surface area contributed by atoms with E-state index < -0.39 is 11.5 Å². The van der Waals surface area contributed by atoms with Gasteiger partial charge in [0.1, 0.15) is 11.3 Å². The van der Waals surface area contributed by atoms with E-state index in [0.29, 0.717) is 30.0 Å². The zero-order valence-corrected chi connectivity index (χ0v) is 16.0. The predicted molar refractivity (Wildman–Crippen MR) is 97.6 cm³/mol. The number of aromatic nitrogens is 1. The van der Waals surface area contributed by atoms with Crippen molar-refractivity contribution in [3.63, 3.8) is 0 Å². The number of amides is 1. The molecule has 0 saturated carbocycles. The Kier molecular flexibility index (Phi) is 6.18. The summed E-state index contributed by atoms with van der Waals surface area (Å²) in [6.07, 6.45) is 0.553. The van der Waals surface area contributed by atoms with Gasteiger partial charge in [-0.15, -0.1) is 0 Å². The van der Waals surface area contributed by atoms with Gasteiger partial charge in [-0.05, 0) is 39.7 Å². The number of carbonyl (C=O) groups is 2. The first kappa shape index (κ1) is 19.7. The van der Waals surface area contributed by atoms with Crippen molar-refractivity contribution in [3.8, 4) is 0 Å². The van der Waals surface area contributed by atoms with Crippen LogP contribution in [0.2, 0.25) is 0 Å². The van der Waals surface area contributed by atoms with Crippen molar-refractivity contribution in [2.75, 3.05) is 6.61 Å². The molecule has 0 atom stereocenters. The van der Waals surface area contributed by atoms with Crippen molar-refractivity contribution in [2.24, 2.45) is 0 Å². The van der Waals surface area contributed by atoms with E-state index >= 15 is 0 Å². The lowest BCUT2D eigenvalue weighted by Crippen LogP contribution is -2.46. The molecule has 0 spiro atoms. The number of ether oxygens (including phenoxy) is 1. The maximum Gasteiger partial charge on any atom is 0.344 e. The fraction of sp³-hybridized carbons (Fsp3) is 0.450. The number of aryl methyl sites for hydroxylation is 2. The summed E-state index contributed by atoms with van der Waals surface area (Å²) in [4.78, 5) is 26.8. The van der Waals surface area contributed by atoms with Gasteiger partial charge in [0.15, 0.2) is 6.61 Å². The summed E-state index contributed by atoms with van der Waals surface area (Å²) in [5.41, 5.74) is 1.47. The van der Waals surface area contributed by atoms with Crippen LogP contribution in [0.3, 0.4) is 0 Å². The smallest absolute Gasteiger partial charge is 0.344 e. The molecule has 0 N–H and O–H groups in total. The highest BCUT2D eigenvalue weighted by molar-refractivity contribution is 5.93. The Bertz CT molecular complexity index is 760. The van der Waals surface area contributed by atoms with Gasteiger partial charge in [0.05, 0.1) is 5.69 Å². The first-order chi connectivity index (χ1) is 12.2. The van der Waals surface area contributed by atoms with Crippen molar-refractivity contribution in [1.82, 2.24) is 10.1 Å². The molecule has 0 radical (unpaired) electrons. The summed E-state index contributed by atoms with van der Waals surface area (Å²) in [6.45, 7) is 9.52. The standard InChI is InChI=1S/C20H26N2O4/c1-6-16-18(14(2)26-21-16)19(24)25-13-17(23)22(20(3,4)5)12-15-10-8-7-9-11-15/h7-11H,6,12-13H2,1-5H3. The van der Waals surface area contributed by atoms with Crippen molar-refractivity contribution in [1.29, 1.82) is 0 Å². The van der Waals surface area contributed by atoms with Gasteiger partial charge in [-0.2, -0.15) is 0 Å². The first-order valence-corrected chi connectivity index (χ1v) is 8.70. The second-order valence-electron chi connectivity index (χ2n) is 7.13. The summed E-state index contributed by atoms with van der Waals surface area (Å²) >= 11 is 0. The van der Waals surface area contributed by atoms with Gasteiger partial charge < -0.3 is 14.2 Å². The second kappa shape index (κ2) is 8.17. The molecular formula is C20H26N2O4. The molecule has 0 bridgehead atoms. The van der Waals surface area contributed by atoms with Gasteiger partial charge in [-0.3, -0.25) is 4.79 Å². The second-order valence-corrected chi connectivity index (χ2v) is 7.13. The first-order valence-electron chi connectivity index (χ1n) is 8.70. The van der Waals surface area contributed by atoms with Crippen LogP contribution < -0.4 is 0 Å². The van der Waals surface area contributed by atoms with E-state index in [-0.39, 0.29) is 12.5 Å². The minimum absolute atomic E-state index is 0.248. The maximum absolute atomic E-state index is 12.7. The number of hydrogen-bond donors (Lipinski definition) is 0. The Morgan fingerprint density at radius 1 is 1.19 bits per heavy atom.